The first-order chi connectivity index (χ1) is 8.84. The fraction of sp³-hybridized carbons (Fsp3) is 0.462. The number of aromatic nitrogens is 1. The molecule has 2 rings (SSSR count). The Balaban J connectivity index is 1.72. The van der Waals surface area contributed by atoms with Crippen molar-refractivity contribution < 1.29 is 0 Å². The van der Waals surface area contributed by atoms with Gasteiger partial charge in [0.25, 0.3) is 0 Å². The van der Waals surface area contributed by atoms with E-state index in [0.717, 1.165) is 5.56 Å². The molecule has 0 aromatic carbocycles. The first-order valence-corrected chi connectivity index (χ1v) is 6.75. The lowest BCUT2D eigenvalue weighted by Crippen LogP contribution is -2.40. The molecule has 0 saturated heterocycles. The lowest BCUT2D eigenvalue weighted by molar-refractivity contribution is 0.412. The molecule has 0 bridgehead atoms. The van der Waals surface area contributed by atoms with Gasteiger partial charge in [0, 0.05) is 24.0 Å². The topological polar surface area (TPSA) is 49.3 Å². The summed E-state index contributed by atoms with van der Waals surface area (Å²) in [6, 6.07) is 4.32. The Hall–Kier alpha value is -1.49. The Morgan fingerprint density at radius 2 is 2.22 bits per heavy atom. The van der Waals surface area contributed by atoms with Crippen LogP contribution in [0, 0.1) is 0 Å². The second-order valence-corrected chi connectivity index (χ2v) is 4.87. The van der Waals surface area contributed by atoms with E-state index in [4.69, 9.17) is 12.2 Å². The molecular formula is C13H18N4S. The van der Waals surface area contributed by atoms with Crippen molar-refractivity contribution in [2.45, 2.75) is 38.1 Å². The van der Waals surface area contributed by atoms with Gasteiger partial charge in [0.05, 0.1) is 6.21 Å². The van der Waals surface area contributed by atoms with Crippen LogP contribution in [0.4, 0.5) is 0 Å². The predicted molar refractivity (Wildman–Crippen MR) is 77.6 cm³/mol. The molecule has 1 saturated carbocycles. The maximum Gasteiger partial charge on any atom is 0.187 e. The summed E-state index contributed by atoms with van der Waals surface area (Å²) in [5, 5.41) is 7.98. The number of pyridine rings is 1. The Morgan fingerprint density at radius 1 is 1.39 bits per heavy atom. The van der Waals surface area contributed by atoms with Gasteiger partial charge in [0.1, 0.15) is 0 Å². The van der Waals surface area contributed by atoms with Gasteiger partial charge in [-0.1, -0.05) is 25.3 Å². The molecule has 1 aliphatic carbocycles. The standard InChI is InChI=1S/C13H18N4S/c18-13(16-12-6-2-1-3-7-12)17-15-10-11-5-4-8-14-9-11/h4-5,8-10,12H,1-3,6-7H2,(H2,16,17,18). The number of nitrogens with one attached hydrogen (secondary N) is 2. The van der Waals surface area contributed by atoms with Crippen LogP contribution in [0.5, 0.6) is 0 Å². The molecule has 0 amide bonds. The van der Waals surface area contributed by atoms with E-state index in [1.54, 1.807) is 18.6 Å². The smallest absolute Gasteiger partial charge is 0.187 e. The summed E-state index contributed by atoms with van der Waals surface area (Å²) in [4.78, 5) is 4.01. The molecule has 5 heteroatoms. The van der Waals surface area contributed by atoms with E-state index in [1.165, 1.54) is 32.1 Å². The second-order valence-electron chi connectivity index (χ2n) is 4.46. The molecule has 1 aliphatic rings. The molecule has 2 N–H and O–H groups in total. The van der Waals surface area contributed by atoms with E-state index < -0.39 is 0 Å². The summed E-state index contributed by atoms with van der Waals surface area (Å²) in [7, 11) is 0. The number of hydrogen-bond donors (Lipinski definition) is 2. The minimum absolute atomic E-state index is 0.507. The molecule has 1 fully saturated rings. The lowest BCUT2D eigenvalue weighted by Gasteiger charge is -2.23. The summed E-state index contributed by atoms with van der Waals surface area (Å²) in [5.41, 5.74) is 3.79. The zero-order valence-electron chi connectivity index (χ0n) is 10.3. The number of hydrogen-bond acceptors (Lipinski definition) is 3. The van der Waals surface area contributed by atoms with Gasteiger partial charge in [0.15, 0.2) is 5.11 Å². The van der Waals surface area contributed by atoms with Gasteiger partial charge in [0.2, 0.25) is 0 Å². The van der Waals surface area contributed by atoms with Gasteiger partial charge < -0.3 is 5.32 Å². The molecular weight excluding hydrogens is 244 g/mol. The van der Waals surface area contributed by atoms with Crippen LogP contribution in [0.1, 0.15) is 37.7 Å². The van der Waals surface area contributed by atoms with Crippen LogP contribution in [0.2, 0.25) is 0 Å². The van der Waals surface area contributed by atoms with Crippen LogP contribution in [0.3, 0.4) is 0 Å². The normalized spacial score (nSPS) is 16.7. The fourth-order valence-electron chi connectivity index (χ4n) is 2.08. The lowest BCUT2D eigenvalue weighted by atomic mass is 9.96. The molecule has 18 heavy (non-hydrogen) atoms. The van der Waals surface area contributed by atoms with E-state index in [-0.39, 0.29) is 0 Å². The van der Waals surface area contributed by atoms with E-state index in [1.807, 2.05) is 12.1 Å². The quantitative estimate of drug-likeness (QED) is 0.498. The van der Waals surface area contributed by atoms with Crippen molar-refractivity contribution in [2.75, 3.05) is 0 Å². The highest BCUT2D eigenvalue weighted by Crippen LogP contribution is 2.17. The number of rotatable bonds is 3. The van der Waals surface area contributed by atoms with Gasteiger partial charge in [-0.25, -0.2) is 0 Å². The number of hydrazone groups is 1. The second kappa shape index (κ2) is 7.06. The average molecular weight is 262 g/mol. The Bertz CT molecular complexity index is 399. The summed E-state index contributed by atoms with van der Waals surface area (Å²) >= 11 is 5.20. The summed E-state index contributed by atoms with van der Waals surface area (Å²) in [6.45, 7) is 0. The number of thiocarbonyl (C=S) groups is 1. The van der Waals surface area contributed by atoms with Crippen LogP contribution >= 0.6 is 12.2 Å². The average Bonchev–Trinajstić information content (AvgIpc) is 2.41. The largest absolute Gasteiger partial charge is 0.359 e. The van der Waals surface area contributed by atoms with E-state index in [2.05, 4.69) is 20.8 Å². The summed E-state index contributed by atoms with van der Waals surface area (Å²) in [6.07, 6.45) is 11.5. The van der Waals surface area contributed by atoms with E-state index >= 15 is 0 Å². The third-order valence-corrected chi connectivity index (χ3v) is 3.21. The molecule has 0 aliphatic heterocycles. The highest BCUT2D eigenvalue weighted by molar-refractivity contribution is 7.80. The zero-order chi connectivity index (χ0) is 12.6. The van der Waals surface area contributed by atoms with Crippen LogP contribution < -0.4 is 10.7 Å². The molecule has 0 unspecified atom stereocenters. The third kappa shape index (κ3) is 4.41. The first kappa shape index (κ1) is 13.0. The van der Waals surface area contributed by atoms with Crippen molar-refractivity contribution >= 4 is 23.5 Å². The van der Waals surface area contributed by atoms with Gasteiger partial charge in [-0.3, -0.25) is 10.4 Å². The highest BCUT2D eigenvalue weighted by atomic mass is 32.1. The van der Waals surface area contributed by atoms with Crippen LogP contribution in [0.25, 0.3) is 0 Å². The van der Waals surface area contributed by atoms with Gasteiger partial charge in [-0.05, 0) is 31.1 Å². The summed E-state index contributed by atoms with van der Waals surface area (Å²) < 4.78 is 0. The van der Waals surface area contributed by atoms with Crippen molar-refractivity contribution in [1.29, 1.82) is 0 Å². The maximum absolute atomic E-state index is 5.20. The van der Waals surface area contributed by atoms with Gasteiger partial charge in [-0.2, -0.15) is 5.10 Å². The maximum atomic E-state index is 5.20. The molecule has 0 spiro atoms. The monoisotopic (exact) mass is 262 g/mol. The first-order valence-electron chi connectivity index (χ1n) is 6.34. The van der Waals surface area contributed by atoms with Gasteiger partial charge >= 0.3 is 0 Å². The summed E-state index contributed by atoms with van der Waals surface area (Å²) in [5.74, 6) is 0. The van der Waals surface area contributed by atoms with Crippen molar-refractivity contribution in [3.63, 3.8) is 0 Å². The highest BCUT2D eigenvalue weighted by Gasteiger charge is 2.13. The Kier molecular flexibility index (Phi) is 5.08. The molecule has 1 aromatic heterocycles. The molecule has 0 atom stereocenters. The third-order valence-electron chi connectivity index (χ3n) is 3.00. The minimum Gasteiger partial charge on any atom is -0.359 e. The molecule has 4 nitrogen and oxygen atoms in total. The number of nitrogens with zero attached hydrogens (tertiary/aromatic N) is 2. The Labute approximate surface area is 113 Å². The van der Waals surface area contributed by atoms with Crippen LogP contribution in [-0.4, -0.2) is 22.4 Å². The van der Waals surface area contributed by atoms with Crippen molar-refractivity contribution in [2.24, 2.45) is 5.10 Å². The van der Waals surface area contributed by atoms with Crippen LogP contribution in [-0.2, 0) is 0 Å². The van der Waals surface area contributed by atoms with E-state index in [9.17, 15) is 0 Å². The SMILES string of the molecule is S=C(NN=Cc1cccnc1)NC1CCCCC1. The fourth-order valence-corrected chi connectivity index (χ4v) is 2.30. The molecule has 96 valence electrons. The molecule has 0 radical (unpaired) electrons. The van der Waals surface area contributed by atoms with E-state index in [0.29, 0.717) is 11.2 Å². The van der Waals surface area contributed by atoms with Crippen molar-refractivity contribution in [1.82, 2.24) is 15.7 Å². The molecule has 1 aromatic rings. The van der Waals surface area contributed by atoms with Crippen molar-refractivity contribution in [3.8, 4) is 0 Å². The van der Waals surface area contributed by atoms with Gasteiger partial charge in [-0.15, -0.1) is 0 Å². The zero-order valence-corrected chi connectivity index (χ0v) is 11.1. The molecule has 1 heterocycles. The van der Waals surface area contributed by atoms with Crippen molar-refractivity contribution in [3.05, 3.63) is 30.1 Å². The minimum atomic E-state index is 0.507. The van der Waals surface area contributed by atoms with Crippen LogP contribution in [0.15, 0.2) is 29.6 Å². The Morgan fingerprint density at radius 3 is 2.94 bits per heavy atom. The predicted octanol–water partition coefficient (Wildman–Crippen LogP) is 2.21.